The molecule has 1 N–H and O–H groups in total. The summed E-state index contributed by atoms with van der Waals surface area (Å²) in [5.41, 5.74) is 15.7. The predicted octanol–water partition coefficient (Wildman–Crippen LogP) is 26.1. The van der Waals surface area contributed by atoms with Crippen LogP contribution >= 0.6 is 15.9 Å². The van der Waals surface area contributed by atoms with Gasteiger partial charge in [0, 0.05) is 47.9 Å². The van der Waals surface area contributed by atoms with Crippen molar-refractivity contribution in [3.8, 4) is 61.4 Å². The second kappa shape index (κ2) is 24.6. The summed E-state index contributed by atoms with van der Waals surface area (Å²) in [4.78, 5) is 0. The highest BCUT2D eigenvalue weighted by Crippen LogP contribution is 2.49. The Hall–Kier alpha value is -12.1. The number of furan rings is 2. The number of hydrogen-bond donors (Lipinski definition) is 1. The summed E-state index contributed by atoms with van der Waals surface area (Å²) < 4.78 is 19.5. The zero-order valence-electron chi connectivity index (χ0n) is 53.0. The summed E-state index contributed by atoms with van der Waals surface area (Å²) in [7, 11) is 0.756. The van der Waals surface area contributed by atoms with Gasteiger partial charge in [0.15, 0.2) is 0 Å². The molecule has 2 heterocycles. The number of benzene rings is 18. The van der Waals surface area contributed by atoms with Gasteiger partial charge in [0.25, 0.3) is 0 Å². The van der Waals surface area contributed by atoms with Crippen LogP contribution in [0, 0.1) is 0 Å². The molecule has 0 spiro atoms. The molecule has 1 radical (unpaired) electrons. The van der Waals surface area contributed by atoms with Gasteiger partial charge in [0.05, 0.1) is 0 Å². The van der Waals surface area contributed by atoms with Crippen LogP contribution in [-0.4, -0.2) is 12.7 Å². The molecule has 0 atom stereocenters. The average Bonchev–Trinajstić information content (AvgIpc) is 0.855. The lowest BCUT2D eigenvalue weighted by Crippen LogP contribution is -2.02. The van der Waals surface area contributed by atoms with Crippen LogP contribution < -0.4 is 4.65 Å². The van der Waals surface area contributed by atoms with E-state index in [0.29, 0.717) is 5.75 Å². The normalized spacial score (nSPS) is 11.6. The lowest BCUT2D eigenvalue weighted by molar-refractivity contribution is 0.459. The van der Waals surface area contributed by atoms with Crippen LogP contribution in [0.15, 0.2) is 353 Å². The van der Waals surface area contributed by atoms with E-state index in [2.05, 4.69) is 295 Å². The monoisotopic (exact) mass is 1320 g/mol. The van der Waals surface area contributed by atoms with Crippen LogP contribution in [0.5, 0.6) is 5.75 Å². The van der Waals surface area contributed by atoms with Gasteiger partial charge < -0.3 is 18.5 Å². The molecule has 0 bridgehead atoms. The molecule has 98 heavy (non-hydrogen) atoms. The van der Waals surface area contributed by atoms with Gasteiger partial charge in [-0.2, -0.15) is 0 Å². The first-order valence-corrected chi connectivity index (χ1v) is 33.8. The molecule has 20 rings (SSSR count). The maximum Gasteiger partial charge on any atom is 0.569 e. The molecule has 0 aliphatic carbocycles. The van der Waals surface area contributed by atoms with Crippen LogP contribution in [0.2, 0.25) is 0 Å². The highest BCUT2D eigenvalue weighted by atomic mass is 79.9. The fourth-order valence-corrected chi connectivity index (χ4v) is 15.7. The zero-order chi connectivity index (χ0) is 65.2. The van der Waals surface area contributed by atoms with E-state index in [1.807, 2.05) is 60.7 Å². The Kier molecular flexibility index (Phi) is 14.7. The molecule has 0 saturated carbocycles. The molecule has 20 aromatic rings. The number of halogens is 1. The Balaban J connectivity index is 0.000000116. The van der Waals surface area contributed by atoms with Crippen LogP contribution in [0.3, 0.4) is 0 Å². The van der Waals surface area contributed by atoms with Gasteiger partial charge in [-0.15, -0.1) is 0 Å². The maximum absolute atomic E-state index is 9.32. The van der Waals surface area contributed by atoms with E-state index >= 15 is 0 Å². The van der Waals surface area contributed by atoms with Crippen molar-refractivity contribution >= 4 is 154 Å². The predicted molar refractivity (Wildman–Crippen MR) is 417 cm³/mol. The van der Waals surface area contributed by atoms with E-state index in [1.54, 1.807) is 0 Å². The second-order valence-electron chi connectivity index (χ2n) is 24.9. The molecule has 2 aromatic heterocycles. The number of hydrogen-bond acceptors (Lipinski definition) is 4. The summed E-state index contributed by atoms with van der Waals surface area (Å²) in [6, 6.07) is 120. The number of rotatable bonds is 7. The highest BCUT2D eigenvalue weighted by molar-refractivity contribution is 9.10. The maximum atomic E-state index is 9.32. The van der Waals surface area contributed by atoms with Gasteiger partial charge in [-0.3, -0.25) is 0 Å². The topological polar surface area (TPSA) is 55.7 Å². The van der Waals surface area contributed by atoms with Crippen molar-refractivity contribution in [3.63, 3.8) is 0 Å². The van der Waals surface area contributed by atoms with Crippen LogP contribution in [0.25, 0.3) is 186 Å². The average molecular weight is 1320 g/mol. The molecule has 0 aliphatic heterocycles. The van der Waals surface area contributed by atoms with Gasteiger partial charge in [-0.1, -0.05) is 313 Å². The van der Waals surface area contributed by atoms with E-state index in [-0.39, 0.29) is 0 Å². The molecule has 459 valence electrons. The molecule has 0 saturated heterocycles. The largest absolute Gasteiger partial charge is 0.569 e. The molecule has 4 nitrogen and oxygen atoms in total. The summed E-state index contributed by atoms with van der Waals surface area (Å²) in [5, 5.41) is 32.9. The molecule has 0 amide bonds. The van der Waals surface area contributed by atoms with E-state index in [9.17, 15) is 5.02 Å². The second-order valence-corrected chi connectivity index (χ2v) is 25.8. The first kappa shape index (κ1) is 58.5. The van der Waals surface area contributed by atoms with Gasteiger partial charge >= 0.3 is 7.69 Å². The first-order valence-electron chi connectivity index (χ1n) is 33.0. The lowest BCUT2D eigenvalue weighted by atomic mass is 9.84. The first-order chi connectivity index (χ1) is 48.5. The quantitative estimate of drug-likeness (QED) is 0.128. The van der Waals surface area contributed by atoms with E-state index in [4.69, 9.17) is 13.5 Å². The van der Waals surface area contributed by atoms with Gasteiger partial charge in [-0.05, 0) is 162 Å². The Morgan fingerprint density at radius 1 is 0.245 bits per heavy atom. The minimum absolute atomic E-state index is 0.674. The fraction of sp³-hybridized carbons (Fsp3) is 0. The van der Waals surface area contributed by atoms with Crippen molar-refractivity contribution in [2.24, 2.45) is 0 Å². The molecular weight excluding hydrogens is 1260 g/mol. The van der Waals surface area contributed by atoms with Crippen LogP contribution in [0.1, 0.15) is 0 Å². The van der Waals surface area contributed by atoms with Crippen molar-refractivity contribution in [1.82, 2.24) is 0 Å². The van der Waals surface area contributed by atoms with Crippen molar-refractivity contribution in [2.45, 2.75) is 0 Å². The Morgan fingerprint density at radius 3 is 1.00 bits per heavy atom. The van der Waals surface area contributed by atoms with Crippen molar-refractivity contribution < 1.29 is 18.5 Å². The summed E-state index contributed by atoms with van der Waals surface area (Å²) in [5.74, 6) is 0.674. The third-order valence-electron chi connectivity index (χ3n) is 19.4. The Labute approximate surface area is 573 Å². The van der Waals surface area contributed by atoms with E-state index in [1.165, 1.54) is 103 Å². The van der Waals surface area contributed by atoms with E-state index in [0.717, 1.165) is 94.4 Å². The highest BCUT2D eigenvalue weighted by Gasteiger charge is 2.23. The van der Waals surface area contributed by atoms with E-state index < -0.39 is 0 Å². The summed E-state index contributed by atoms with van der Waals surface area (Å²) >= 11 is 3.59. The third-order valence-corrected chi connectivity index (χ3v) is 19.9. The molecule has 18 aromatic carbocycles. The van der Waals surface area contributed by atoms with Gasteiger partial charge in [0.1, 0.15) is 28.1 Å². The number of fused-ring (bicyclic) bond motifs is 14. The van der Waals surface area contributed by atoms with Crippen molar-refractivity contribution in [2.75, 3.05) is 0 Å². The Morgan fingerprint density at radius 2 is 0.561 bits per heavy atom. The standard InChI is InChI=1S/C46H28O.C24H16BO2.C22H13BrO/c1-3-18-33-29(13-1)15-12-25-36(33)45-39-23-7-5-21-37(39)43(38-22-6-8-24-40(38)45)31-16-11-17-32(27-31)44-34-19-4-2-14-30(34)28-41-35-20-9-10-26-42(35)47-46(41)44;26-25-27-24-21-13-5-3-11-19(21)23(20-12-4-6-14-22(20)24)18-15-7-9-16-8-1-2-10-17(16)18;23-16-8-5-7-15(12-16)21-17-9-2-1-6-14(17)13-19-18-10-3-4-11-20(18)24-22(19)21/h1-28H;1-15,26H;1-13H. The molecule has 0 fully saturated rings. The summed E-state index contributed by atoms with van der Waals surface area (Å²) in [6.07, 6.45) is 0. The SMILES string of the molecule is Brc1cccc(-c2c3ccccc3cc3c2oc2ccccc23)c1.O[B]Oc1c2ccccc2c(-c2cccc3ccccc23)c2ccccc12.c1cc(-c2c3ccccc3c(-c3cccc4ccccc34)c3ccccc23)cc(-c2c3ccccc3cc3c2oc2ccccc23)c1. The summed E-state index contributed by atoms with van der Waals surface area (Å²) in [6.45, 7) is 0. The number of para-hydroxylation sites is 2. The molecular formula is C92H57BBrO4. The van der Waals surface area contributed by atoms with Crippen molar-refractivity contribution in [1.29, 1.82) is 0 Å². The lowest BCUT2D eigenvalue weighted by Gasteiger charge is -2.19. The Bertz CT molecular complexity index is 6440. The minimum Gasteiger partial charge on any atom is -0.537 e. The van der Waals surface area contributed by atoms with Crippen LogP contribution in [0.4, 0.5) is 0 Å². The van der Waals surface area contributed by atoms with Gasteiger partial charge in [-0.25, -0.2) is 0 Å². The van der Waals surface area contributed by atoms with Crippen molar-refractivity contribution in [3.05, 3.63) is 344 Å². The zero-order valence-corrected chi connectivity index (χ0v) is 54.5. The smallest absolute Gasteiger partial charge is 0.537 e. The molecule has 6 heteroatoms. The van der Waals surface area contributed by atoms with Crippen LogP contribution in [-0.2, 0) is 0 Å². The molecule has 0 unspecified atom stereocenters. The molecule has 0 aliphatic rings. The third kappa shape index (κ3) is 9.95. The fourth-order valence-electron chi connectivity index (χ4n) is 15.3. The minimum atomic E-state index is 0.674. The van der Waals surface area contributed by atoms with Gasteiger partial charge in [0.2, 0.25) is 0 Å².